The van der Waals surface area contributed by atoms with E-state index >= 15 is 0 Å². The Balaban J connectivity index is 1.88. The SMILES string of the molecule is C[C@H](NC1CCS(=O)(=O)c2ccccc21)c1ccccc1. The van der Waals surface area contributed by atoms with Crippen LogP contribution < -0.4 is 5.32 Å². The lowest BCUT2D eigenvalue weighted by atomic mass is 10.0. The van der Waals surface area contributed by atoms with E-state index in [2.05, 4.69) is 24.4 Å². The van der Waals surface area contributed by atoms with E-state index in [1.54, 1.807) is 12.1 Å². The van der Waals surface area contributed by atoms with Crippen LogP contribution >= 0.6 is 0 Å². The first-order valence-electron chi connectivity index (χ1n) is 7.20. The van der Waals surface area contributed by atoms with Gasteiger partial charge in [-0.1, -0.05) is 48.5 Å². The van der Waals surface area contributed by atoms with Gasteiger partial charge in [-0.3, -0.25) is 0 Å². The van der Waals surface area contributed by atoms with Crippen LogP contribution in [0.1, 0.15) is 36.6 Å². The molecule has 0 amide bonds. The van der Waals surface area contributed by atoms with Crippen molar-refractivity contribution < 1.29 is 8.42 Å². The Kier molecular flexibility index (Phi) is 3.83. The quantitative estimate of drug-likeness (QED) is 0.946. The maximum atomic E-state index is 12.1. The van der Waals surface area contributed by atoms with Crippen molar-refractivity contribution in [3.05, 3.63) is 65.7 Å². The molecule has 1 heterocycles. The van der Waals surface area contributed by atoms with E-state index < -0.39 is 9.84 Å². The number of rotatable bonds is 3. The molecule has 2 aromatic carbocycles. The Bertz CT molecular complexity index is 725. The molecule has 3 nitrogen and oxygen atoms in total. The normalized spacial score (nSPS) is 21.5. The van der Waals surface area contributed by atoms with Crippen LogP contribution in [-0.2, 0) is 9.84 Å². The molecule has 1 aliphatic heterocycles. The molecule has 0 saturated heterocycles. The van der Waals surface area contributed by atoms with Gasteiger partial charge in [0.25, 0.3) is 0 Å². The van der Waals surface area contributed by atoms with Crippen molar-refractivity contribution in [3.63, 3.8) is 0 Å². The molecule has 0 saturated carbocycles. The Labute approximate surface area is 125 Å². The largest absolute Gasteiger partial charge is 0.303 e. The lowest BCUT2D eigenvalue weighted by molar-refractivity contribution is 0.441. The summed E-state index contributed by atoms with van der Waals surface area (Å²) in [7, 11) is -3.12. The molecule has 1 unspecified atom stereocenters. The van der Waals surface area contributed by atoms with Crippen LogP contribution in [-0.4, -0.2) is 14.2 Å². The molecular formula is C17H19NO2S. The zero-order chi connectivity index (χ0) is 14.9. The molecule has 2 atom stereocenters. The second kappa shape index (κ2) is 5.62. The summed E-state index contributed by atoms with van der Waals surface area (Å²) < 4.78 is 24.3. The van der Waals surface area contributed by atoms with Gasteiger partial charge >= 0.3 is 0 Å². The van der Waals surface area contributed by atoms with Crippen molar-refractivity contribution >= 4 is 9.84 Å². The highest BCUT2D eigenvalue weighted by Gasteiger charge is 2.30. The fraction of sp³-hybridized carbons (Fsp3) is 0.294. The number of nitrogens with one attached hydrogen (secondary N) is 1. The molecule has 0 aliphatic carbocycles. The third-order valence-electron chi connectivity index (χ3n) is 4.06. The third kappa shape index (κ3) is 2.87. The summed E-state index contributed by atoms with van der Waals surface area (Å²) in [5.41, 5.74) is 2.11. The minimum atomic E-state index is -3.12. The molecule has 0 spiro atoms. The van der Waals surface area contributed by atoms with E-state index in [9.17, 15) is 8.42 Å². The van der Waals surface area contributed by atoms with Gasteiger partial charge in [-0.05, 0) is 30.5 Å². The predicted molar refractivity (Wildman–Crippen MR) is 83.8 cm³/mol. The predicted octanol–water partition coefficient (Wildman–Crippen LogP) is 3.26. The second-order valence-electron chi connectivity index (χ2n) is 5.50. The molecule has 1 aliphatic rings. The molecule has 0 bridgehead atoms. The summed E-state index contributed by atoms with van der Waals surface area (Å²) in [4.78, 5) is 0.481. The van der Waals surface area contributed by atoms with Crippen LogP contribution in [0.25, 0.3) is 0 Å². The zero-order valence-electron chi connectivity index (χ0n) is 12.0. The fourth-order valence-corrected chi connectivity index (χ4v) is 4.52. The average molecular weight is 301 g/mol. The van der Waals surface area contributed by atoms with Gasteiger partial charge in [0.05, 0.1) is 10.6 Å². The first-order chi connectivity index (χ1) is 10.1. The molecule has 2 aromatic rings. The molecule has 0 radical (unpaired) electrons. The van der Waals surface area contributed by atoms with Crippen LogP contribution in [0.3, 0.4) is 0 Å². The van der Waals surface area contributed by atoms with Crippen LogP contribution in [0.15, 0.2) is 59.5 Å². The zero-order valence-corrected chi connectivity index (χ0v) is 12.8. The van der Waals surface area contributed by atoms with E-state index in [0.29, 0.717) is 11.3 Å². The van der Waals surface area contributed by atoms with Gasteiger partial charge in [-0.15, -0.1) is 0 Å². The van der Waals surface area contributed by atoms with Crippen molar-refractivity contribution in [1.29, 1.82) is 0 Å². The van der Waals surface area contributed by atoms with Gasteiger partial charge < -0.3 is 5.32 Å². The highest BCUT2D eigenvalue weighted by Crippen LogP contribution is 2.33. The fourth-order valence-electron chi connectivity index (χ4n) is 2.90. The number of hydrogen-bond acceptors (Lipinski definition) is 3. The maximum Gasteiger partial charge on any atom is 0.178 e. The Hall–Kier alpha value is -1.65. The summed E-state index contributed by atoms with van der Waals surface area (Å²) in [5.74, 6) is 0.211. The van der Waals surface area contributed by atoms with Crippen LogP contribution in [0, 0.1) is 0 Å². The van der Waals surface area contributed by atoms with Crippen molar-refractivity contribution in [2.24, 2.45) is 0 Å². The first-order valence-corrected chi connectivity index (χ1v) is 8.86. The van der Waals surface area contributed by atoms with E-state index in [-0.39, 0.29) is 17.8 Å². The van der Waals surface area contributed by atoms with Gasteiger partial charge in [-0.2, -0.15) is 0 Å². The van der Waals surface area contributed by atoms with E-state index in [0.717, 1.165) is 5.56 Å². The Morgan fingerprint density at radius 3 is 2.48 bits per heavy atom. The van der Waals surface area contributed by atoms with Crippen molar-refractivity contribution in [2.75, 3.05) is 5.75 Å². The van der Waals surface area contributed by atoms with Crippen molar-refractivity contribution in [2.45, 2.75) is 30.3 Å². The topological polar surface area (TPSA) is 46.2 Å². The number of benzene rings is 2. The minimum absolute atomic E-state index is 0.0833. The van der Waals surface area contributed by atoms with Gasteiger partial charge in [0, 0.05) is 12.1 Å². The lowest BCUT2D eigenvalue weighted by Gasteiger charge is -2.29. The molecule has 0 aromatic heterocycles. The number of sulfone groups is 1. The second-order valence-corrected chi connectivity index (χ2v) is 7.57. The van der Waals surface area contributed by atoms with E-state index in [1.807, 2.05) is 30.3 Å². The first kappa shape index (κ1) is 14.3. The van der Waals surface area contributed by atoms with Crippen LogP contribution in [0.2, 0.25) is 0 Å². The summed E-state index contributed by atoms with van der Waals surface area (Å²) in [6.45, 7) is 2.11. The third-order valence-corrected chi connectivity index (χ3v) is 5.87. The Morgan fingerprint density at radius 2 is 1.71 bits per heavy atom. The van der Waals surface area contributed by atoms with Gasteiger partial charge in [0.2, 0.25) is 0 Å². The van der Waals surface area contributed by atoms with Gasteiger partial charge in [0.15, 0.2) is 9.84 Å². The maximum absolute atomic E-state index is 12.1. The molecule has 4 heteroatoms. The summed E-state index contributed by atoms with van der Waals surface area (Å²) >= 11 is 0. The summed E-state index contributed by atoms with van der Waals surface area (Å²) in [6, 6.07) is 17.8. The molecule has 1 N–H and O–H groups in total. The average Bonchev–Trinajstić information content (AvgIpc) is 2.51. The van der Waals surface area contributed by atoms with Crippen molar-refractivity contribution in [1.82, 2.24) is 5.32 Å². The number of fused-ring (bicyclic) bond motifs is 1. The Morgan fingerprint density at radius 1 is 1.05 bits per heavy atom. The molecular weight excluding hydrogens is 282 g/mol. The van der Waals surface area contributed by atoms with Gasteiger partial charge in [0.1, 0.15) is 0 Å². The van der Waals surface area contributed by atoms with E-state index in [1.165, 1.54) is 5.56 Å². The van der Waals surface area contributed by atoms with Crippen LogP contribution in [0.5, 0.6) is 0 Å². The van der Waals surface area contributed by atoms with Gasteiger partial charge in [-0.25, -0.2) is 8.42 Å². The minimum Gasteiger partial charge on any atom is -0.303 e. The van der Waals surface area contributed by atoms with Crippen LogP contribution in [0.4, 0.5) is 0 Å². The highest BCUT2D eigenvalue weighted by atomic mass is 32.2. The monoisotopic (exact) mass is 301 g/mol. The summed E-state index contributed by atoms with van der Waals surface area (Å²) in [5, 5.41) is 3.56. The molecule has 0 fully saturated rings. The highest BCUT2D eigenvalue weighted by molar-refractivity contribution is 7.91. The summed E-state index contributed by atoms with van der Waals surface area (Å²) in [6.07, 6.45) is 0.622. The standard InChI is InChI=1S/C17H19NO2S/c1-13(14-7-3-2-4-8-14)18-16-11-12-21(19,20)17-10-6-5-9-15(16)17/h2-10,13,16,18H,11-12H2,1H3/t13-,16?/m0/s1. The molecule has 21 heavy (non-hydrogen) atoms. The lowest BCUT2D eigenvalue weighted by Crippen LogP contribution is -2.31. The van der Waals surface area contributed by atoms with E-state index in [4.69, 9.17) is 0 Å². The number of hydrogen-bond donors (Lipinski definition) is 1. The smallest absolute Gasteiger partial charge is 0.178 e. The van der Waals surface area contributed by atoms with Crippen molar-refractivity contribution in [3.8, 4) is 0 Å². The molecule has 3 rings (SSSR count). The molecule has 110 valence electrons.